The minimum atomic E-state index is -0.109. The molecule has 2 aromatic carbocycles. The van der Waals surface area contributed by atoms with Crippen molar-refractivity contribution in [3.05, 3.63) is 65.2 Å². The number of hydrogen-bond acceptors (Lipinski definition) is 2. The highest BCUT2D eigenvalue weighted by Crippen LogP contribution is 2.19. The highest BCUT2D eigenvalue weighted by Gasteiger charge is 2.11. The Morgan fingerprint density at radius 3 is 2.14 bits per heavy atom. The normalized spacial score (nSPS) is 11.6. The van der Waals surface area contributed by atoms with Gasteiger partial charge in [0.05, 0.1) is 6.04 Å². The van der Waals surface area contributed by atoms with Gasteiger partial charge in [-0.3, -0.25) is 4.79 Å². The Labute approximate surface area is 138 Å². The molecule has 1 unspecified atom stereocenters. The number of anilines is 1. The standard InChI is InChI=1S/C18H22N2O.ClH/c1-12(2)14-7-9-15(10-8-14)13(3)20-18(21)16-5-4-6-17(19)11-16;/h4-13H,19H2,1-3H3,(H,20,21);1H. The average Bonchev–Trinajstić information content (AvgIpc) is 2.47. The highest BCUT2D eigenvalue weighted by atomic mass is 35.5. The number of nitrogen functional groups attached to an aromatic ring is 1. The maximum Gasteiger partial charge on any atom is 0.251 e. The van der Waals surface area contributed by atoms with Crippen molar-refractivity contribution in [1.82, 2.24) is 5.32 Å². The molecule has 0 fully saturated rings. The molecular formula is C18H23ClN2O. The van der Waals surface area contributed by atoms with Gasteiger partial charge in [-0.2, -0.15) is 0 Å². The van der Waals surface area contributed by atoms with Gasteiger partial charge in [0.1, 0.15) is 0 Å². The molecule has 0 bridgehead atoms. The van der Waals surface area contributed by atoms with Gasteiger partial charge in [-0.05, 0) is 42.2 Å². The highest BCUT2D eigenvalue weighted by molar-refractivity contribution is 5.95. The summed E-state index contributed by atoms with van der Waals surface area (Å²) < 4.78 is 0. The lowest BCUT2D eigenvalue weighted by Crippen LogP contribution is -2.26. The lowest BCUT2D eigenvalue weighted by Gasteiger charge is -2.15. The maximum absolute atomic E-state index is 12.2. The van der Waals surface area contributed by atoms with Gasteiger partial charge in [0.25, 0.3) is 5.91 Å². The van der Waals surface area contributed by atoms with E-state index in [-0.39, 0.29) is 24.4 Å². The second-order valence-electron chi connectivity index (χ2n) is 5.64. The van der Waals surface area contributed by atoms with Crippen LogP contribution in [0.5, 0.6) is 0 Å². The van der Waals surface area contributed by atoms with Crippen LogP contribution in [-0.2, 0) is 0 Å². The topological polar surface area (TPSA) is 55.1 Å². The fourth-order valence-electron chi connectivity index (χ4n) is 2.21. The van der Waals surface area contributed by atoms with Gasteiger partial charge >= 0.3 is 0 Å². The summed E-state index contributed by atoms with van der Waals surface area (Å²) in [5, 5.41) is 2.99. The number of amides is 1. The van der Waals surface area contributed by atoms with Crippen molar-refractivity contribution in [2.45, 2.75) is 32.7 Å². The number of nitrogens with one attached hydrogen (secondary N) is 1. The SMILES string of the molecule is CC(C)c1ccc(C(C)NC(=O)c2cccc(N)c2)cc1.Cl. The molecule has 0 saturated heterocycles. The molecule has 0 radical (unpaired) electrons. The fraction of sp³-hybridized carbons (Fsp3) is 0.278. The van der Waals surface area contributed by atoms with Crippen LogP contribution in [0.3, 0.4) is 0 Å². The fourth-order valence-corrected chi connectivity index (χ4v) is 2.21. The molecule has 0 aromatic heterocycles. The van der Waals surface area contributed by atoms with Crippen molar-refractivity contribution >= 4 is 24.0 Å². The van der Waals surface area contributed by atoms with E-state index in [0.29, 0.717) is 17.2 Å². The van der Waals surface area contributed by atoms with Crippen LogP contribution in [0.1, 0.15) is 54.2 Å². The molecule has 3 N–H and O–H groups in total. The van der Waals surface area contributed by atoms with E-state index < -0.39 is 0 Å². The lowest BCUT2D eigenvalue weighted by atomic mass is 9.99. The largest absolute Gasteiger partial charge is 0.399 e. The van der Waals surface area contributed by atoms with E-state index in [1.165, 1.54) is 5.56 Å². The minimum absolute atomic E-state index is 0. The first kappa shape index (κ1) is 18.1. The summed E-state index contributed by atoms with van der Waals surface area (Å²) >= 11 is 0. The van der Waals surface area contributed by atoms with Gasteiger partial charge < -0.3 is 11.1 Å². The van der Waals surface area contributed by atoms with Crippen LogP contribution in [0, 0.1) is 0 Å². The number of nitrogens with two attached hydrogens (primary N) is 1. The third kappa shape index (κ3) is 4.50. The molecule has 4 heteroatoms. The molecular weight excluding hydrogens is 296 g/mol. The van der Waals surface area contributed by atoms with Crippen LogP contribution in [0.2, 0.25) is 0 Å². The first-order valence-electron chi connectivity index (χ1n) is 7.23. The summed E-state index contributed by atoms with van der Waals surface area (Å²) in [6, 6.07) is 15.3. The Balaban J connectivity index is 0.00000242. The van der Waals surface area contributed by atoms with Gasteiger partial charge in [0.2, 0.25) is 0 Å². The van der Waals surface area contributed by atoms with E-state index in [2.05, 4.69) is 43.4 Å². The molecule has 1 atom stereocenters. The molecule has 1 amide bonds. The second kappa shape index (κ2) is 7.85. The van der Waals surface area contributed by atoms with Crippen LogP contribution in [0.25, 0.3) is 0 Å². The number of rotatable bonds is 4. The summed E-state index contributed by atoms with van der Waals surface area (Å²) in [5.74, 6) is 0.402. The van der Waals surface area contributed by atoms with Crippen LogP contribution in [0.4, 0.5) is 5.69 Å². The van der Waals surface area contributed by atoms with Crippen molar-refractivity contribution in [3.63, 3.8) is 0 Å². The van der Waals surface area contributed by atoms with Crippen LogP contribution in [-0.4, -0.2) is 5.91 Å². The van der Waals surface area contributed by atoms with Gasteiger partial charge in [-0.1, -0.05) is 44.2 Å². The van der Waals surface area contributed by atoms with Crippen molar-refractivity contribution in [3.8, 4) is 0 Å². The van der Waals surface area contributed by atoms with Crippen molar-refractivity contribution in [2.75, 3.05) is 5.73 Å². The molecule has 0 aliphatic rings. The second-order valence-corrected chi connectivity index (χ2v) is 5.64. The quantitative estimate of drug-likeness (QED) is 0.825. The number of halogens is 1. The molecule has 2 aromatic rings. The monoisotopic (exact) mass is 318 g/mol. The maximum atomic E-state index is 12.2. The van der Waals surface area contributed by atoms with Crippen molar-refractivity contribution in [1.29, 1.82) is 0 Å². The third-order valence-corrected chi connectivity index (χ3v) is 3.60. The number of hydrogen-bond donors (Lipinski definition) is 2. The van der Waals surface area contributed by atoms with Crippen molar-refractivity contribution in [2.24, 2.45) is 0 Å². The summed E-state index contributed by atoms with van der Waals surface area (Å²) in [5.41, 5.74) is 9.27. The Hall–Kier alpha value is -2.00. The zero-order chi connectivity index (χ0) is 15.4. The molecule has 0 aliphatic heterocycles. The van der Waals surface area contributed by atoms with Crippen LogP contribution in [0.15, 0.2) is 48.5 Å². The van der Waals surface area contributed by atoms with E-state index in [4.69, 9.17) is 5.73 Å². The van der Waals surface area contributed by atoms with E-state index in [9.17, 15) is 4.79 Å². The zero-order valence-electron chi connectivity index (χ0n) is 13.2. The first-order chi connectivity index (χ1) is 9.97. The third-order valence-electron chi connectivity index (χ3n) is 3.60. The molecule has 0 spiro atoms. The predicted molar refractivity (Wildman–Crippen MR) is 94.5 cm³/mol. The summed E-state index contributed by atoms with van der Waals surface area (Å²) in [6.07, 6.45) is 0. The lowest BCUT2D eigenvalue weighted by molar-refractivity contribution is 0.0940. The van der Waals surface area contributed by atoms with Crippen LogP contribution < -0.4 is 11.1 Å². The number of carbonyl (C=O) groups excluding carboxylic acids is 1. The molecule has 0 aliphatic carbocycles. The zero-order valence-corrected chi connectivity index (χ0v) is 14.0. The van der Waals surface area contributed by atoms with E-state index >= 15 is 0 Å². The van der Waals surface area contributed by atoms with E-state index in [1.54, 1.807) is 24.3 Å². The Kier molecular flexibility index (Phi) is 6.44. The van der Waals surface area contributed by atoms with Crippen molar-refractivity contribution < 1.29 is 4.79 Å². The Morgan fingerprint density at radius 2 is 1.59 bits per heavy atom. The number of benzene rings is 2. The minimum Gasteiger partial charge on any atom is -0.399 e. The van der Waals surface area contributed by atoms with Crippen LogP contribution >= 0.6 is 12.4 Å². The molecule has 22 heavy (non-hydrogen) atoms. The smallest absolute Gasteiger partial charge is 0.251 e. The summed E-state index contributed by atoms with van der Waals surface area (Å²) in [4.78, 5) is 12.2. The molecule has 0 heterocycles. The molecule has 2 rings (SSSR count). The summed E-state index contributed by atoms with van der Waals surface area (Å²) in [6.45, 7) is 6.31. The Bertz CT molecular complexity index is 623. The first-order valence-corrected chi connectivity index (χ1v) is 7.23. The molecule has 118 valence electrons. The average molecular weight is 319 g/mol. The summed E-state index contributed by atoms with van der Waals surface area (Å²) in [7, 11) is 0. The predicted octanol–water partition coefficient (Wildman–Crippen LogP) is 4.31. The molecule has 3 nitrogen and oxygen atoms in total. The number of carbonyl (C=O) groups is 1. The Morgan fingerprint density at radius 1 is 1.00 bits per heavy atom. The van der Waals surface area contributed by atoms with Gasteiger partial charge in [0, 0.05) is 11.3 Å². The van der Waals surface area contributed by atoms with Gasteiger partial charge in [-0.25, -0.2) is 0 Å². The van der Waals surface area contributed by atoms with E-state index in [1.807, 2.05) is 6.92 Å². The van der Waals surface area contributed by atoms with E-state index in [0.717, 1.165) is 5.56 Å². The van der Waals surface area contributed by atoms with Gasteiger partial charge in [0.15, 0.2) is 0 Å². The molecule has 0 saturated carbocycles. The van der Waals surface area contributed by atoms with Gasteiger partial charge in [-0.15, -0.1) is 12.4 Å².